The van der Waals surface area contributed by atoms with Crippen molar-refractivity contribution in [2.45, 2.75) is 13.8 Å². The van der Waals surface area contributed by atoms with Gasteiger partial charge in [-0.05, 0) is 12.1 Å². The normalized spacial score (nSPS) is 11.3. The fraction of sp³-hybridized carbons (Fsp3) is 0.385. The lowest BCUT2D eigenvalue weighted by Crippen LogP contribution is -2.36. The van der Waals surface area contributed by atoms with Crippen molar-refractivity contribution in [2.24, 2.45) is 5.41 Å². The van der Waals surface area contributed by atoms with Crippen molar-refractivity contribution >= 4 is 5.91 Å². The molecule has 0 aromatic carbocycles. The lowest BCUT2D eigenvalue weighted by Gasteiger charge is -2.21. The summed E-state index contributed by atoms with van der Waals surface area (Å²) in [6.45, 7) is 4.16. The van der Waals surface area contributed by atoms with E-state index in [-0.39, 0.29) is 17.9 Å². The van der Waals surface area contributed by atoms with Crippen LogP contribution in [0.25, 0.3) is 5.82 Å². The maximum atomic E-state index is 11.9. The van der Waals surface area contributed by atoms with Crippen molar-refractivity contribution in [2.75, 3.05) is 13.2 Å². The average molecular weight is 275 g/mol. The molecule has 0 aliphatic heterocycles. The number of carbonyl (C=O) groups excluding carboxylic acids is 1. The van der Waals surface area contributed by atoms with E-state index in [2.05, 4.69) is 20.4 Å². The molecule has 2 aromatic rings. The topological polar surface area (TPSA) is 92.9 Å². The van der Waals surface area contributed by atoms with E-state index in [0.717, 1.165) is 0 Å². The van der Waals surface area contributed by atoms with Crippen LogP contribution in [-0.4, -0.2) is 43.9 Å². The molecule has 0 atom stereocenters. The number of hydrogen-bond acceptors (Lipinski definition) is 5. The Kier molecular flexibility index (Phi) is 4.09. The summed E-state index contributed by atoms with van der Waals surface area (Å²) in [4.78, 5) is 19.9. The first-order valence-corrected chi connectivity index (χ1v) is 6.22. The zero-order valence-corrected chi connectivity index (χ0v) is 11.4. The number of nitrogens with one attached hydrogen (secondary N) is 1. The molecule has 0 spiro atoms. The Balaban J connectivity index is 2.01. The Bertz CT molecular complexity index is 563. The minimum Gasteiger partial charge on any atom is -0.396 e. The van der Waals surface area contributed by atoms with Crippen LogP contribution in [0.15, 0.2) is 31.0 Å². The summed E-state index contributed by atoms with van der Waals surface area (Å²) in [7, 11) is 0. The van der Waals surface area contributed by atoms with Crippen molar-refractivity contribution in [1.82, 2.24) is 25.1 Å². The van der Waals surface area contributed by atoms with Crippen molar-refractivity contribution in [3.05, 3.63) is 36.5 Å². The minimum atomic E-state index is -0.343. The fourth-order valence-electron chi connectivity index (χ4n) is 1.46. The number of carbonyl (C=O) groups is 1. The molecule has 0 saturated heterocycles. The molecular formula is C13H17N5O2. The lowest BCUT2D eigenvalue weighted by molar-refractivity contribution is 0.0910. The predicted molar refractivity (Wildman–Crippen MR) is 72.4 cm³/mol. The van der Waals surface area contributed by atoms with Crippen molar-refractivity contribution in [3.63, 3.8) is 0 Å². The van der Waals surface area contributed by atoms with Crippen LogP contribution in [0, 0.1) is 5.41 Å². The van der Waals surface area contributed by atoms with E-state index in [4.69, 9.17) is 5.11 Å². The molecule has 7 nitrogen and oxygen atoms in total. The molecule has 7 heteroatoms. The number of aromatic nitrogens is 4. The van der Waals surface area contributed by atoms with Gasteiger partial charge in [-0.15, -0.1) is 0 Å². The highest BCUT2D eigenvalue weighted by atomic mass is 16.3. The van der Waals surface area contributed by atoms with Gasteiger partial charge >= 0.3 is 0 Å². The summed E-state index contributed by atoms with van der Waals surface area (Å²) in [5.41, 5.74) is 0.117. The van der Waals surface area contributed by atoms with Gasteiger partial charge < -0.3 is 10.4 Å². The monoisotopic (exact) mass is 275 g/mol. The number of rotatable bonds is 5. The van der Waals surface area contributed by atoms with Crippen molar-refractivity contribution < 1.29 is 9.90 Å². The van der Waals surface area contributed by atoms with E-state index in [1.807, 2.05) is 13.8 Å². The summed E-state index contributed by atoms with van der Waals surface area (Å²) in [6, 6.07) is 3.37. The maximum Gasteiger partial charge on any atom is 0.252 e. The molecule has 2 aromatic heterocycles. The SMILES string of the molecule is CC(C)(CO)CNC(=O)c1ccc(-n2cncn2)nc1. The fourth-order valence-corrected chi connectivity index (χ4v) is 1.46. The number of pyridine rings is 1. The van der Waals surface area contributed by atoms with Gasteiger partial charge in [0.05, 0.1) is 5.56 Å². The van der Waals surface area contributed by atoms with Crippen LogP contribution < -0.4 is 5.32 Å². The maximum absolute atomic E-state index is 11.9. The first kappa shape index (κ1) is 14.1. The van der Waals surface area contributed by atoms with Gasteiger partial charge in [-0.2, -0.15) is 5.10 Å². The van der Waals surface area contributed by atoms with Gasteiger partial charge in [0, 0.05) is 24.8 Å². The Morgan fingerprint density at radius 2 is 2.25 bits per heavy atom. The highest BCUT2D eigenvalue weighted by Gasteiger charge is 2.18. The Morgan fingerprint density at radius 3 is 2.80 bits per heavy atom. The van der Waals surface area contributed by atoms with E-state index in [9.17, 15) is 4.79 Å². The summed E-state index contributed by atoms with van der Waals surface area (Å²) in [5.74, 6) is 0.374. The van der Waals surface area contributed by atoms with Crippen LogP contribution in [0.1, 0.15) is 24.2 Å². The van der Waals surface area contributed by atoms with Gasteiger partial charge in [0.15, 0.2) is 5.82 Å². The van der Waals surface area contributed by atoms with E-state index in [1.54, 1.807) is 12.1 Å². The second-order valence-electron chi connectivity index (χ2n) is 5.25. The van der Waals surface area contributed by atoms with E-state index < -0.39 is 0 Å². The third-order valence-electron chi connectivity index (χ3n) is 2.82. The van der Waals surface area contributed by atoms with E-state index >= 15 is 0 Å². The van der Waals surface area contributed by atoms with Gasteiger partial charge in [0.2, 0.25) is 0 Å². The average Bonchev–Trinajstić information content (AvgIpc) is 2.99. The Labute approximate surface area is 116 Å². The van der Waals surface area contributed by atoms with Crippen LogP contribution in [0.5, 0.6) is 0 Å². The number of aliphatic hydroxyl groups is 1. The number of amides is 1. The summed E-state index contributed by atoms with van der Waals surface area (Å²) < 4.78 is 1.51. The van der Waals surface area contributed by atoms with Crippen molar-refractivity contribution in [3.8, 4) is 5.82 Å². The lowest BCUT2D eigenvalue weighted by atomic mass is 9.95. The van der Waals surface area contributed by atoms with Crippen LogP contribution in [0.3, 0.4) is 0 Å². The highest BCUT2D eigenvalue weighted by Crippen LogP contribution is 2.12. The zero-order valence-electron chi connectivity index (χ0n) is 11.4. The zero-order chi connectivity index (χ0) is 14.6. The molecule has 20 heavy (non-hydrogen) atoms. The standard InChI is InChI=1S/C13H17N5O2/c1-13(2,7-19)6-16-12(20)10-3-4-11(15-5-10)18-9-14-8-17-18/h3-5,8-9,19H,6-7H2,1-2H3,(H,16,20). The number of nitrogens with zero attached hydrogens (tertiary/aromatic N) is 4. The van der Waals surface area contributed by atoms with Crippen LogP contribution in [0.4, 0.5) is 0 Å². The van der Waals surface area contributed by atoms with Crippen LogP contribution in [0.2, 0.25) is 0 Å². The van der Waals surface area contributed by atoms with E-state index in [0.29, 0.717) is 17.9 Å². The van der Waals surface area contributed by atoms with E-state index in [1.165, 1.54) is 23.5 Å². The summed E-state index contributed by atoms with van der Waals surface area (Å²) in [6.07, 6.45) is 4.43. The molecule has 106 valence electrons. The second-order valence-corrected chi connectivity index (χ2v) is 5.25. The highest BCUT2D eigenvalue weighted by molar-refractivity contribution is 5.93. The van der Waals surface area contributed by atoms with Crippen molar-refractivity contribution in [1.29, 1.82) is 0 Å². The smallest absolute Gasteiger partial charge is 0.252 e. The molecule has 0 aliphatic rings. The third kappa shape index (κ3) is 3.39. The molecule has 2 heterocycles. The number of aliphatic hydroxyl groups excluding tert-OH is 1. The molecule has 1 amide bonds. The Morgan fingerprint density at radius 1 is 1.45 bits per heavy atom. The molecule has 2 N–H and O–H groups in total. The summed E-state index contributed by atoms with van der Waals surface area (Å²) >= 11 is 0. The molecule has 0 aliphatic carbocycles. The molecular weight excluding hydrogens is 258 g/mol. The first-order chi connectivity index (χ1) is 9.52. The largest absolute Gasteiger partial charge is 0.396 e. The molecule has 2 rings (SSSR count). The molecule has 0 fully saturated rings. The van der Waals surface area contributed by atoms with Gasteiger partial charge in [-0.25, -0.2) is 14.6 Å². The quantitative estimate of drug-likeness (QED) is 0.824. The molecule has 0 unspecified atom stereocenters. The predicted octanol–water partition coefficient (Wildman–Crippen LogP) is 0.411. The third-order valence-corrected chi connectivity index (χ3v) is 2.82. The summed E-state index contributed by atoms with van der Waals surface area (Å²) in [5, 5.41) is 15.9. The van der Waals surface area contributed by atoms with Gasteiger partial charge in [0.25, 0.3) is 5.91 Å². The second kappa shape index (κ2) is 5.79. The van der Waals surface area contributed by atoms with Gasteiger partial charge in [0.1, 0.15) is 12.7 Å². The van der Waals surface area contributed by atoms with Gasteiger partial charge in [-0.3, -0.25) is 4.79 Å². The van der Waals surface area contributed by atoms with Crippen LogP contribution >= 0.6 is 0 Å². The number of hydrogen-bond donors (Lipinski definition) is 2. The molecule has 0 radical (unpaired) electrons. The minimum absolute atomic E-state index is 0.0107. The Hall–Kier alpha value is -2.28. The molecule has 0 bridgehead atoms. The molecule has 0 saturated carbocycles. The van der Waals surface area contributed by atoms with Crippen LogP contribution in [-0.2, 0) is 0 Å². The first-order valence-electron chi connectivity index (χ1n) is 6.22. The van der Waals surface area contributed by atoms with Gasteiger partial charge in [-0.1, -0.05) is 13.8 Å².